The number of carboxylic acid groups (broad SMARTS) is 1. The molecule has 3 rings (SSSR count). The van der Waals surface area contributed by atoms with E-state index in [-0.39, 0.29) is 17.4 Å². The van der Waals surface area contributed by atoms with Gasteiger partial charge in [-0.15, -0.1) is 0 Å². The number of hydrogen-bond donors (Lipinski definition) is 2. The molecule has 1 heterocycles. The Morgan fingerprint density at radius 1 is 1.16 bits per heavy atom. The minimum absolute atomic E-state index is 0.0756. The Morgan fingerprint density at radius 3 is 2.44 bits per heavy atom. The summed E-state index contributed by atoms with van der Waals surface area (Å²) in [7, 11) is 0. The third-order valence-electron chi connectivity index (χ3n) is 4.62. The van der Waals surface area contributed by atoms with Gasteiger partial charge in [0.25, 0.3) is 0 Å². The van der Waals surface area contributed by atoms with Crippen molar-refractivity contribution < 1.29 is 14.3 Å². The van der Waals surface area contributed by atoms with Crippen molar-refractivity contribution in [1.82, 2.24) is 9.88 Å². The molecule has 2 N–H and O–H groups in total. The number of nitrogens with zero attached hydrogens (tertiary/aromatic N) is 1. The SMILES string of the molecule is CCN(CC)C(c1ccc(C(=O)O)cc1)c1c[nH]c2ccc(F)cc12. The molecule has 0 saturated carbocycles. The van der Waals surface area contributed by atoms with Gasteiger partial charge in [0.15, 0.2) is 0 Å². The summed E-state index contributed by atoms with van der Waals surface area (Å²) in [5.41, 5.74) is 3.11. The fraction of sp³-hybridized carbons (Fsp3) is 0.250. The standard InChI is InChI=1S/C20H21FN2O2/c1-3-23(4-2)19(13-5-7-14(8-6-13)20(24)25)17-12-22-18-10-9-15(21)11-16(17)18/h5-12,19,22H,3-4H2,1-2H3,(H,24,25). The van der Waals surface area contributed by atoms with E-state index in [2.05, 4.69) is 23.7 Å². The molecule has 1 unspecified atom stereocenters. The van der Waals surface area contributed by atoms with Crippen molar-refractivity contribution in [3.8, 4) is 0 Å². The van der Waals surface area contributed by atoms with E-state index in [0.717, 1.165) is 35.1 Å². The lowest BCUT2D eigenvalue weighted by molar-refractivity contribution is 0.0697. The second-order valence-electron chi connectivity index (χ2n) is 5.98. The zero-order valence-corrected chi connectivity index (χ0v) is 14.3. The van der Waals surface area contributed by atoms with Crippen LogP contribution in [-0.4, -0.2) is 34.0 Å². The van der Waals surface area contributed by atoms with Gasteiger partial charge in [0.05, 0.1) is 11.6 Å². The third kappa shape index (κ3) is 3.28. The number of aromatic carboxylic acids is 1. The van der Waals surface area contributed by atoms with Crippen LogP contribution in [0.1, 0.15) is 41.4 Å². The van der Waals surface area contributed by atoms with Crippen LogP contribution in [0.2, 0.25) is 0 Å². The molecular formula is C20H21FN2O2. The molecule has 25 heavy (non-hydrogen) atoms. The molecule has 1 atom stereocenters. The molecule has 5 heteroatoms. The van der Waals surface area contributed by atoms with Crippen molar-refractivity contribution >= 4 is 16.9 Å². The van der Waals surface area contributed by atoms with Crippen LogP contribution in [-0.2, 0) is 0 Å². The van der Waals surface area contributed by atoms with Crippen molar-refractivity contribution in [3.63, 3.8) is 0 Å². The van der Waals surface area contributed by atoms with Gasteiger partial charge < -0.3 is 10.1 Å². The first-order valence-electron chi connectivity index (χ1n) is 8.39. The van der Waals surface area contributed by atoms with Gasteiger partial charge in [-0.3, -0.25) is 4.90 Å². The number of rotatable bonds is 6. The predicted molar refractivity (Wildman–Crippen MR) is 96.4 cm³/mol. The van der Waals surface area contributed by atoms with E-state index in [1.54, 1.807) is 24.3 Å². The molecule has 0 amide bonds. The number of benzene rings is 2. The number of fused-ring (bicyclic) bond motifs is 1. The van der Waals surface area contributed by atoms with Crippen LogP contribution in [0, 0.1) is 5.82 Å². The van der Waals surface area contributed by atoms with Crippen molar-refractivity contribution in [2.45, 2.75) is 19.9 Å². The average Bonchev–Trinajstić information content (AvgIpc) is 3.02. The predicted octanol–water partition coefficient (Wildman–Crippen LogP) is 4.44. The maximum Gasteiger partial charge on any atom is 0.335 e. The summed E-state index contributed by atoms with van der Waals surface area (Å²) in [5.74, 6) is -1.21. The maximum absolute atomic E-state index is 13.8. The molecule has 3 aromatic rings. The molecule has 0 bridgehead atoms. The number of hydrogen-bond acceptors (Lipinski definition) is 2. The number of halogens is 1. The van der Waals surface area contributed by atoms with Gasteiger partial charge in [0.2, 0.25) is 0 Å². The summed E-state index contributed by atoms with van der Waals surface area (Å²) in [6, 6.07) is 11.6. The summed E-state index contributed by atoms with van der Waals surface area (Å²) in [4.78, 5) is 16.6. The fourth-order valence-corrected chi connectivity index (χ4v) is 3.32. The Labute approximate surface area is 145 Å². The first kappa shape index (κ1) is 17.2. The van der Waals surface area contributed by atoms with Crippen LogP contribution in [0.4, 0.5) is 4.39 Å². The first-order chi connectivity index (χ1) is 12.0. The van der Waals surface area contributed by atoms with E-state index < -0.39 is 5.97 Å². The Bertz CT molecular complexity index is 882. The Kier molecular flexibility index (Phi) is 4.86. The van der Waals surface area contributed by atoms with Gasteiger partial charge in [-0.1, -0.05) is 26.0 Å². The summed E-state index contributed by atoms with van der Waals surface area (Å²) in [6.07, 6.45) is 1.91. The highest BCUT2D eigenvalue weighted by Crippen LogP contribution is 2.34. The monoisotopic (exact) mass is 340 g/mol. The number of carbonyl (C=O) groups is 1. The van der Waals surface area contributed by atoms with Crippen LogP contribution in [0.25, 0.3) is 10.9 Å². The van der Waals surface area contributed by atoms with Gasteiger partial charge in [-0.25, -0.2) is 9.18 Å². The van der Waals surface area contributed by atoms with Gasteiger partial charge in [0, 0.05) is 17.1 Å². The Balaban J connectivity index is 2.14. The van der Waals surface area contributed by atoms with E-state index in [1.165, 1.54) is 6.07 Å². The van der Waals surface area contributed by atoms with Gasteiger partial charge in [0.1, 0.15) is 5.82 Å². The molecule has 0 radical (unpaired) electrons. The maximum atomic E-state index is 13.8. The molecule has 0 aliphatic heterocycles. The van der Waals surface area contributed by atoms with E-state index in [1.807, 2.05) is 18.3 Å². The average molecular weight is 340 g/mol. The highest BCUT2D eigenvalue weighted by atomic mass is 19.1. The lowest BCUT2D eigenvalue weighted by Crippen LogP contribution is -2.29. The van der Waals surface area contributed by atoms with E-state index in [0.29, 0.717) is 0 Å². The normalized spacial score (nSPS) is 12.6. The van der Waals surface area contributed by atoms with Crippen molar-refractivity contribution in [3.05, 3.63) is 71.2 Å². The number of H-pyrrole nitrogens is 1. The number of carboxylic acids is 1. The molecule has 0 aliphatic carbocycles. The fourth-order valence-electron chi connectivity index (χ4n) is 3.32. The van der Waals surface area contributed by atoms with Crippen LogP contribution in [0.15, 0.2) is 48.7 Å². The summed E-state index contributed by atoms with van der Waals surface area (Å²) in [5, 5.41) is 9.96. The third-order valence-corrected chi connectivity index (χ3v) is 4.62. The summed E-state index contributed by atoms with van der Waals surface area (Å²) in [6.45, 7) is 5.81. The smallest absolute Gasteiger partial charge is 0.335 e. The lowest BCUT2D eigenvalue weighted by Gasteiger charge is -2.30. The molecule has 0 fully saturated rings. The topological polar surface area (TPSA) is 56.3 Å². The van der Waals surface area contributed by atoms with Gasteiger partial charge in [-0.2, -0.15) is 0 Å². The Hall–Kier alpha value is -2.66. The van der Waals surface area contributed by atoms with E-state index in [4.69, 9.17) is 5.11 Å². The number of nitrogens with one attached hydrogen (secondary N) is 1. The zero-order valence-electron chi connectivity index (χ0n) is 14.3. The van der Waals surface area contributed by atoms with Crippen LogP contribution in [0.5, 0.6) is 0 Å². The van der Waals surface area contributed by atoms with Crippen LogP contribution in [0.3, 0.4) is 0 Å². The van der Waals surface area contributed by atoms with E-state index in [9.17, 15) is 9.18 Å². The molecule has 4 nitrogen and oxygen atoms in total. The van der Waals surface area contributed by atoms with Gasteiger partial charge >= 0.3 is 5.97 Å². The highest BCUT2D eigenvalue weighted by Gasteiger charge is 2.23. The molecule has 0 saturated heterocycles. The minimum atomic E-state index is -0.944. The highest BCUT2D eigenvalue weighted by molar-refractivity contribution is 5.87. The molecule has 1 aromatic heterocycles. The molecule has 0 spiro atoms. The largest absolute Gasteiger partial charge is 0.478 e. The minimum Gasteiger partial charge on any atom is -0.478 e. The second kappa shape index (κ2) is 7.07. The quantitative estimate of drug-likeness (QED) is 0.698. The van der Waals surface area contributed by atoms with Crippen LogP contribution >= 0.6 is 0 Å². The Morgan fingerprint density at radius 2 is 1.84 bits per heavy atom. The zero-order chi connectivity index (χ0) is 18.0. The molecular weight excluding hydrogens is 319 g/mol. The molecule has 2 aromatic carbocycles. The van der Waals surface area contributed by atoms with E-state index >= 15 is 0 Å². The van der Waals surface area contributed by atoms with Crippen molar-refractivity contribution in [2.24, 2.45) is 0 Å². The lowest BCUT2D eigenvalue weighted by atomic mass is 9.95. The molecule has 0 aliphatic rings. The summed E-state index contributed by atoms with van der Waals surface area (Å²) < 4.78 is 13.8. The first-order valence-corrected chi connectivity index (χ1v) is 8.39. The molecule has 130 valence electrons. The summed E-state index contributed by atoms with van der Waals surface area (Å²) >= 11 is 0. The number of aromatic amines is 1. The number of aromatic nitrogens is 1. The second-order valence-corrected chi connectivity index (χ2v) is 5.98. The van der Waals surface area contributed by atoms with Crippen molar-refractivity contribution in [2.75, 3.05) is 13.1 Å². The van der Waals surface area contributed by atoms with Crippen molar-refractivity contribution in [1.29, 1.82) is 0 Å². The van der Waals surface area contributed by atoms with Crippen LogP contribution < -0.4 is 0 Å². The van der Waals surface area contributed by atoms with Gasteiger partial charge in [-0.05, 0) is 54.5 Å².